The monoisotopic (exact) mass is 1150 g/mol. The van der Waals surface area contributed by atoms with Crippen molar-refractivity contribution in [1.29, 1.82) is 0 Å². The first kappa shape index (κ1) is 77.4. The Hall–Kier alpha value is -3.59. The molecular weight excluding hydrogens is 1030 g/mol. The summed E-state index contributed by atoms with van der Waals surface area (Å²) in [5, 5.41) is 0. The predicted molar refractivity (Wildman–Crippen MR) is 348 cm³/mol. The van der Waals surface area contributed by atoms with Crippen LogP contribution < -0.4 is 5.73 Å². The molecule has 0 spiro atoms. The third kappa shape index (κ3) is 65.4. The van der Waals surface area contributed by atoms with E-state index in [0.29, 0.717) is 12.8 Å². The van der Waals surface area contributed by atoms with Gasteiger partial charge in [0.25, 0.3) is 0 Å². The molecular formula is C71H122NO8P. The maximum absolute atomic E-state index is 12.7. The van der Waals surface area contributed by atoms with E-state index in [1.807, 2.05) is 0 Å². The van der Waals surface area contributed by atoms with Crippen LogP contribution in [0.5, 0.6) is 0 Å². The van der Waals surface area contributed by atoms with Gasteiger partial charge in [-0.1, -0.05) is 283 Å². The Balaban J connectivity index is 3.86. The first-order valence-corrected chi connectivity index (χ1v) is 34.5. The molecule has 10 heteroatoms. The SMILES string of the molecule is CC/C=C\C/C=C\C/C=C\C/C=C\C/C=C\C/C=C\C/C=C\CCCCCCCCCCCCCCCCCCCCCC(=O)OC(COC(=O)CCCCCCCC/C=C\C/C=C\C/C=C\CCCCC)COP(=O)(O)OCCN. The molecule has 0 amide bonds. The fourth-order valence-corrected chi connectivity index (χ4v) is 9.74. The van der Waals surface area contributed by atoms with Gasteiger partial charge < -0.3 is 20.1 Å². The minimum absolute atomic E-state index is 0.0480. The van der Waals surface area contributed by atoms with E-state index in [1.54, 1.807) is 0 Å². The number of esters is 2. The molecule has 0 aromatic rings. The second kappa shape index (κ2) is 65.6. The molecule has 9 nitrogen and oxygen atoms in total. The molecule has 0 fully saturated rings. The van der Waals surface area contributed by atoms with E-state index in [9.17, 15) is 19.0 Å². The van der Waals surface area contributed by atoms with E-state index in [0.717, 1.165) is 103 Å². The molecule has 0 saturated carbocycles. The van der Waals surface area contributed by atoms with Crippen LogP contribution in [-0.4, -0.2) is 49.3 Å². The van der Waals surface area contributed by atoms with Crippen LogP contribution in [0.15, 0.2) is 122 Å². The van der Waals surface area contributed by atoms with Crippen molar-refractivity contribution >= 4 is 19.8 Å². The molecule has 0 radical (unpaired) electrons. The van der Waals surface area contributed by atoms with Crippen molar-refractivity contribution in [2.24, 2.45) is 5.73 Å². The Morgan fingerprint density at radius 3 is 1.01 bits per heavy atom. The molecule has 464 valence electrons. The number of rotatable bonds is 61. The summed E-state index contributed by atoms with van der Waals surface area (Å²) in [4.78, 5) is 35.2. The first-order valence-electron chi connectivity index (χ1n) is 33.0. The lowest BCUT2D eigenvalue weighted by Crippen LogP contribution is -2.29. The smallest absolute Gasteiger partial charge is 0.462 e. The Kier molecular flexibility index (Phi) is 62.7. The Bertz CT molecular complexity index is 1740. The van der Waals surface area contributed by atoms with E-state index < -0.39 is 32.5 Å². The van der Waals surface area contributed by atoms with Gasteiger partial charge >= 0.3 is 19.8 Å². The van der Waals surface area contributed by atoms with E-state index >= 15 is 0 Å². The zero-order chi connectivity index (χ0) is 58.7. The topological polar surface area (TPSA) is 134 Å². The van der Waals surface area contributed by atoms with E-state index in [1.165, 1.54) is 141 Å². The summed E-state index contributed by atoms with van der Waals surface area (Å²) in [6, 6.07) is 0. The molecule has 0 heterocycles. The number of carbonyl (C=O) groups is 2. The van der Waals surface area contributed by atoms with Gasteiger partial charge in [-0.15, -0.1) is 0 Å². The third-order valence-corrected chi connectivity index (χ3v) is 14.8. The first-order chi connectivity index (χ1) is 39.8. The van der Waals surface area contributed by atoms with E-state index in [4.69, 9.17) is 24.3 Å². The van der Waals surface area contributed by atoms with Gasteiger partial charge in [-0.25, -0.2) is 4.57 Å². The molecule has 81 heavy (non-hydrogen) atoms. The number of nitrogens with two attached hydrogens (primary N) is 1. The molecule has 0 saturated heterocycles. The van der Waals surface area contributed by atoms with Crippen molar-refractivity contribution < 1.29 is 37.6 Å². The second-order valence-electron chi connectivity index (χ2n) is 21.6. The van der Waals surface area contributed by atoms with Crippen LogP contribution in [0.25, 0.3) is 0 Å². The fraction of sp³-hybridized carbons (Fsp3) is 0.690. The summed E-state index contributed by atoms with van der Waals surface area (Å²) in [5.41, 5.74) is 5.39. The van der Waals surface area contributed by atoms with Crippen molar-refractivity contribution in [2.45, 2.75) is 290 Å². The molecule has 0 aliphatic carbocycles. The highest BCUT2D eigenvalue weighted by atomic mass is 31.2. The van der Waals surface area contributed by atoms with Gasteiger partial charge in [-0.3, -0.25) is 18.6 Å². The van der Waals surface area contributed by atoms with Crippen molar-refractivity contribution in [3.05, 3.63) is 122 Å². The summed E-state index contributed by atoms with van der Waals surface area (Å²) in [5.74, 6) is -0.839. The zero-order valence-corrected chi connectivity index (χ0v) is 52.9. The molecule has 0 aromatic heterocycles. The van der Waals surface area contributed by atoms with Gasteiger partial charge in [0, 0.05) is 19.4 Å². The summed E-state index contributed by atoms with van der Waals surface area (Å²) >= 11 is 0. The average molecular weight is 1150 g/mol. The largest absolute Gasteiger partial charge is 0.472 e. The lowest BCUT2D eigenvalue weighted by molar-refractivity contribution is -0.161. The van der Waals surface area contributed by atoms with Crippen LogP contribution in [0.2, 0.25) is 0 Å². The number of hydrogen-bond donors (Lipinski definition) is 2. The lowest BCUT2D eigenvalue weighted by Gasteiger charge is -2.19. The Labute approximate surface area is 498 Å². The average Bonchev–Trinajstić information content (AvgIpc) is 3.46. The van der Waals surface area contributed by atoms with Gasteiger partial charge in [0.1, 0.15) is 6.61 Å². The number of hydrogen-bond acceptors (Lipinski definition) is 8. The molecule has 2 atom stereocenters. The summed E-state index contributed by atoms with van der Waals surface area (Å²) < 4.78 is 33.1. The number of unbranched alkanes of at least 4 members (excludes halogenated alkanes) is 28. The highest BCUT2D eigenvalue weighted by Crippen LogP contribution is 2.43. The Morgan fingerprint density at radius 2 is 0.679 bits per heavy atom. The van der Waals surface area contributed by atoms with E-state index in [-0.39, 0.29) is 32.6 Å². The van der Waals surface area contributed by atoms with Crippen molar-refractivity contribution in [3.8, 4) is 0 Å². The normalized spacial score (nSPS) is 13.8. The maximum atomic E-state index is 12.7. The highest BCUT2D eigenvalue weighted by Gasteiger charge is 2.26. The summed E-state index contributed by atoms with van der Waals surface area (Å²) in [6.07, 6.45) is 91.4. The van der Waals surface area contributed by atoms with Crippen LogP contribution in [0.1, 0.15) is 284 Å². The molecule has 2 unspecified atom stereocenters. The van der Waals surface area contributed by atoms with E-state index in [2.05, 4.69) is 135 Å². The molecule has 0 aliphatic rings. The van der Waals surface area contributed by atoms with Gasteiger partial charge in [0.15, 0.2) is 6.10 Å². The minimum Gasteiger partial charge on any atom is -0.462 e. The minimum atomic E-state index is -4.40. The molecule has 0 aliphatic heterocycles. The van der Waals surface area contributed by atoms with Crippen LogP contribution >= 0.6 is 7.82 Å². The number of phosphoric ester groups is 1. The molecule has 0 rings (SSSR count). The van der Waals surface area contributed by atoms with Crippen molar-refractivity contribution in [2.75, 3.05) is 26.4 Å². The lowest BCUT2D eigenvalue weighted by atomic mass is 10.0. The molecule has 3 N–H and O–H groups in total. The number of ether oxygens (including phenoxy) is 2. The summed E-state index contributed by atoms with van der Waals surface area (Å²) in [6.45, 7) is 3.60. The number of carbonyl (C=O) groups excluding carboxylic acids is 2. The Morgan fingerprint density at radius 1 is 0.383 bits per heavy atom. The number of allylic oxidation sites excluding steroid dienone is 20. The van der Waals surface area contributed by atoms with Crippen molar-refractivity contribution in [1.82, 2.24) is 0 Å². The quantitative estimate of drug-likeness (QED) is 0.0264. The third-order valence-electron chi connectivity index (χ3n) is 13.8. The van der Waals surface area contributed by atoms with Crippen LogP contribution in [0.3, 0.4) is 0 Å². The summed E-state index contributed by atoms with van der Waals surface area (Å²) in [7, 11) is -4.40. The van der Waals surface area contributed by atoms with Crippen LogP contribution in [0, 0.1) is 0 Å². The predicted octanol–water partition coefficient (Wildman–Crippen LogP) is 21.5. The molecule has 0 aromatic carbocycles. The van der Waals surface area contributed by atoms with Crippen molar-refractivity contribution in [3.63, 3.8) is 0 Å². The highest BCUT2D eigenvalue weighted by molar-refractivity contribution is 7.47. The van der Waals surface area contributed by atoms with Gasteiger partial charge in [-0.2, -0.15) is 0 Å². The number of phosphoric acid groups is 1. The maximum Gasteiger partial charge on any atom is 0.472 e. The van der Waals surface area contributed by atoms with Gasteiger partial charge in [0.2, 0.25) is 0 Å². The molecule has 0 bridgehead atoms. The van der Waals surface area contributed by atoms with Gasteiger partial charge in [0.05, 0.1) is 13.2 Å². The zero-order valence-electron chi connectivity index (χ0n) is 52.0. The second-order valence-corrected chi connectivity index (χ2v) is 23.1. The standard InChI is InChI=1S/C71H122NO8P/c1-3-5-7-9-11-13-15-17-19-21-23-24-25-26-27-28-29-30-31-32-33-34-35-36-37-38-39-40-41-42-43-44-46-48-50-52-54-56-58-60-62-64-71(74)80-69(68-79-81(75,76)78-66-65-72)67-77-70(73)63-61-59-57-55-53-51-49-47-45-22-20-18-16-14-12-10-8-6-4-2/h5,7,11-14,17-20,23-24,26-27,29-30,32-33,45,47,69H,3-4,6,8-10,15-16,21-22,25,28,31,34-44,46,48-68,72H2,1-2H3,(H,75,76)/b7-5-,13-11-,14-12-,19-17-,20-18-,24-23-,27-26-,30-29-,33-32-,47-45-. The van der Waals surface area contributed by atoms with Crippen LogP contribution in [-0.2, 0) is 32.7 Å². The van der Waals surface area contributed by atoms with Gasteiger partial charge in [-0.05, 0) is 109 Å². The fourth-order valence-electron chi connectivity index (χ4n) is 8.98. The van der Waals surface area contributed by atoms with Crippen LogP contribution in [0.4, 0.5) is 0 Å².